The van der Waals surface area contributed by atoms with E-state index in [9.17, 15) is 17.6 Å². The zero-order valence-electron chi connectivity index (χ0n) is 12.5. The smallest absolute Gasteiger partial charge is 0.416 e. The fourth-order valence-electron chi connectivity index (χ4n) is 2.46. The van der Waals surface area contributed by atoms with Gasteiger partial charge in [0.1, 0.15) is 11.6 Å². The van der Waals surface area contributed by atoms with E-state index in [4.69, 9.17) is 10.5 Å². The monoisotopic (exact) mass is 327 g/mol. The standard InChI is InChI=1S/C17H17F4NO/c1-23-16-7-6-14(18)9-15(16)12(10-22)8-11-2-4-13(5-3-11)17(19,20)21/h2-7,9,12H,8,10,22H2,1H3. The predicted molar refractivity (Wildman–Crippen MR) is 79.9 cm³/mol. The second-order valence-electron chi connectivity index (χ2n) is 5.22. The Kier molecular flexibility index (Phi) is 5.26. The highest BCUT2D eigenvalue weighted by molar-refractivity contribution is 5.38. The van der Waals surface area contributed by atoms with Gasteiger partial charge in [-0.2, -0.15) is 13.2 Å². The lowest BCUT2D eigenvalue weighted by molar-refractivity contribution is -0.137. The molecule has 0 fully saturated rings. The molecule has 0 saturated heterocycles. The van der Waals surface area contributed by atoms with Gasteiger partial charge in [0.25, 0.3) is 0 Å². The maximum Gasteiger partial charge on any atom is 0.416 e. The quantitative estimate of drug-likeness (QED) is 0.838. The highest BCUT2D eigenvalue weighted by Gasteiger charge is 2.30. The zero-order valence-corrected chi connectivity index (χ0v) is 12.5. The minimum Gasteiger partial charge on any atom is -0.496 e. The molecule has 2 nitrogen and oxygen atoms in total. The van der Waals surface area contributed by atoms with Gasteiger partial charge in [0.2, 0.25) is 0 Å². The molecule has 0 heterocycles. The first-order chi connectivity index (χ1) is 10.8. The van der Waals surface area contributed by atoms with Gasteiger partial charge in [-0.1, -0.05) is 12.1 Å². The van der Waals surface area contributed by atoms with Gasteiger partial charge in [0.15, 0.2) is 0 Å². The van der Waals surface area contributed by atoms with Crippen molar-refractivity contribution in [3.8, 4) is 5.75 Å². The van der Waals surface area contributed by atoms with Gasteiger partial charge in [-0.05, 0) is 48.9 Å². The molecule has 23 heavy (non-hydrogen) atoms. The average Bonchev–Trinajstić information content (AvgIpc) is 2.52. The predicted octanol–water partition coefficient (Wildman–Crippen LogP) is 4.14. The molecule has 124 valence electrons. The number of alkyl halides is 3. The first-order valence-corrected chi connectivity index (χ1v) is 7.04. The van der Waals surface area contributed by atoms with Crippen LogP contribution in [0.2, 0.25) is 0 Å². The number of ether oxygens (including phenoxy) is 1. The van der Waals surface area contributed by atoms with Crippen LogP contribution in [0.4, 0.5) is 17.6 Å². The van der Waals surface area contributed by atoms with Crippen molar-refractivity contribution in [2.24, 2.45) is 5.73 Å². The van der Waals surface area contributed by atoms with Crippen LogP contribution in [0.1, 0.15) is 22.6 Å². The molecular formula is C17H17F4NO. The summed E-state index contributed by atoms with van der Waals surface area (Å²) in [6.45, 7) is 0.223. The number of nitrogens with two attached hydrogens (primary N) is 1. The molecule has 2 N–H and O–H groups in total. The van der Waals surface area contributed by atoms with Crippen LogP contribution < -0.4 is 10.5 Å². The van der Waals surface area contributed by atoms with E-state index in [0.717, 1.165) is 12.1 Å². The Morgan fingerprint density at radius 2 is 1.74 bits per heavy atom. The largest absolute Gasteiger partial charge is 0.496 e. The van der Waals surface area contributed by atoms with E-state index in [1.54, 1.807) is 0 Å². The van der Waals surface area contributed by atoms with Crippen molar-refractivity contribution in [2.75, 3.05) is 13.7 Å². The molecule has 2 rings (SSSR count). The molecule has 6 heteroatoms. The highest BCUT2D eigenvalue weighted by Crippen LogP contribution is 2.32. The lowest BCUT2D eigenvalue weighted by atomic mass is 9.91. The molecule has 0 spiro atoms. The molecule has 2 aromatic carbocycles. The molecule has 0 radical (unpaired) electrons. The van der Waals surface area contributed by atoms with E-state index in [1.165, 1.54) is 37.4 Å². The third kappa shape index (κ3) is 4.22. The first-order valence-electron chi connectivity index (χ1n) is 7.04. The van der Waals surface area contributed by atoms with Crippen molar-refractivity contribution in [3.05, 3.63) is 65.0 Å². The second kappa shape index (κ2) is 7.00. The third-order valence-electron chi connectivity index (χ3n) is 3.68. The summed E-state index contributed by atoms with van der Waals surface area (Å²) in [5.41, 5.74) is 6.37. The Morgan fingerprint density at radius 1 is 1.09 bits per heavy atom. The minimum absolute atomic E-state index is 0.223. The first kappa shape index (κ1) is 17.3. The van der Waals surface area contributed by atoms with Crippen LogP contribution in [-0.2, 0) is 12.6 Å². The zero-order chi connectivity index (χ0) is 17.0. The molecule has 0 saturated carbocycles. The van der Waals surface area contributed by atoms with Crippen molar-refractivity contribution >= 4 is 0 Å². The number of hydrogen-bond donors (Lipinski definition) is 1. The summed E-state index contributed by atoms with van der Waals surface area (Å²) in [5.74, 6) is -0.155. The lowest BCUT2D eigenvalue weighted by Crippen LogP contribution is -2.16. The van der Waals surface area contributed by atoms with Crippen molar-refractivity contribution in [3.63, 3.8) is 0 Å². The summed E-state index contributed by atoms with van der Waals surface area (Å²) in [6, 6.07) is 9.04. The summed E-state index contributed by atoms with van der Waals surface area (Å²) in [4.78, 5) is 0. The maximum atomic E-state index is 13.5. The summed E-state index contributed by atoms with van der Waals surface area (Å²) < 4.78 is 56.4. The summed E-state index contributed by atoms with van der Waals surface area (Å²) in [5, 5.41) is 0. The van der Waals surface area contributed by atoms with Crippen molar-refractivity contribution < 1.29 is 22.3 Å². The average molecular weight is 327 g/mol. The molecule has 1 unspecified atom stereocenters. The van der Waals surface area contributed by atoms with Crippen LogP contribution in [0.3, 0.4) is 0 Å². The number of rotatable bonds is 5. The van der Waals surface area contributed by atoms with Crippen molar-refractivity contribution in [2.45, 2.75) is 18.5 Å². The second-order valence-corrected chi connectivity index (χ2v) is 5.22. The van der Waals surface area contributed by atoms with E-state index >= 15 is 0 Å². The van der Waals surface area contributed by atoms with E-state index < -0.39 is 17.6 Å². The Morgan fingerprint density at radius 3 is 2.26 bits per heavy atom. The fraction of sp³-hybridized carbons (Fsp3) is 0.294. The highest BCUT2D eigenvalue weighted by atomic mass is 19.4. The SMILES string of the molecule is COc1ccc(F)cc1C(CN)Cc1ccc(C(F)(F)F)cc1. The van der Waals surface area contributed by atoms with E-state index in [0.29, 0.717) is 23.3 Å². The summed E-state index contributed by atoms with van der Waals surface area (Å²) in [7, 11) is 1.47. The molecule has 0 aliphatic carbocycles. The molecule has 0 aliphatic rings. The number of halogens is 4. The van der Waals surface area contributed by atoms with Crippen LogP contribution in [0.25, 0.3) is 0 Å². The van der Waals surface area contributed by atoms with Crippen LogP contribution in [0, 0.1) is 5.82 Å². The van der Waals surface area contributed by atoms with E-state index in [-0.39, 0.29) is 12.5 Å². The molecule has 0 aromatic heterocycles. The topological polar surface area (TPSA) is 35.2 Å². The van der Waals surface area contributed by atoms with Gasteiger partial charge < -0.3 is 10.5 Å². The minimum atomic E-state index is -4.36. The molecule has 0 bridgehead atoms. The van der Waals surface area contributed by atoms with Crippen molar-refractivity contribution in [1.29, 1.82) is 0 Å². The number of methoxy groups -OCH3 is 1. The van der Waals surface area contributed by atoms with Gasteiger partial charge in [-0.3, -0.25) is 0 Å². The number of benzene rings is 2. The van der Waals surface area contributed by atoms with Crippen LogP contribution in [-0.4, -0.2) is 13.7 Å². The number of hydrogen-bond acceptors (Lipinski definition) is 2. The lowest BCUT2D eigenvalue weighted by Gasteiger charge is -2.19. The Labute approximate surface area is 131 Å². The van der Waals surface area contributed by atoms with E-state index in [2.05, 4.69) is 0 Å². The van der Waals surface area contributed by atoms with Crippen LogP contribution >= 0.6 is 0 Å². The van der Waals surface area contributed by atoms with Gasteiger partial charge in [-0.15, -0.1) is 0 Å². The molecular weight excluding hydrogens is 310 g/mol. The Balaban J connectivity index is 2.25. The van der Waals surface area contributed by atoms with Gasteiger partial charge in [0.05, 0.1) is 12.7 Å². The van der Waals surface area contributed by atoms with Crippen LogP contribution in [0.5, 0.6) is 5.75 Å². The molecule has 0 amide bonds. The Hall–Kier alpha value is -2.08. The van der Waals surface area contributed by atoms with Crippen molar-refractivity contribution in [1.82, 2.24) is 0 Å². The maximum absolute atomic E-state index is 13.5. The summed E-state index contributed by atoms with van der Waals surface area (Å²) >= 11 is 0. The van der Waals surface area contributed by atoms with Gasteiger partial charge in [0, 0.05) is 11.5 Å². The molecule has 2 aromatic rings. The fourth-order valence-corrected chi connectivity index (χ4v) is 2.46. The van der Waals surface area contributed by atoms with Gasteiger partial charge >= 0.3 is 6.18 Å². The molecule has 0 aliphatic heterocycles. The van der Waals surface area contributed by atoms with E-state index in [1.807, 2.05) is 0 Å². The van der Waals surface area contributed by atoms with Crippen LogP contribution in [0.15, 0.2) is 42.5 Å². The summed E-state index contributed by atoms with van der Waals surface area (Å²) in [6.07, 6.45) is -3.97. The Bertz CT molecular complexity index is 653. The normalized spacial score (nSPS) is 13.0. The van der Waals surface area contributed by atoms with Gasteiger partial charge in [-0.25, -0.2) is 4.39 Å². The third-order valence-corrected chi connectivity index (χ3v) is 3.68. The molecule has 1 atom stereocenters.